The number of hydrogen-bond acceptors (Lipinski definition) is 1. The summed E-state index contributed by atoms with van der Waals surface area (Å²) in [6.07, 6.45) is 5.71. The molecule has 1 aliphatic rings. The van der Waals surface area contributed by atoms with E-state index in [1.807, 2.05) is 0 Å². The van der Waals surface area contributed by atoms with Crippen molar-refractivity contribution in [2.45, 2.75) is 25.7 Å². The van der Waals surface area contributed by atoms with Gasteiger partial charge in [0, 0.05) is 0 Å². The van der Waals surface area contributed by atoms with Gasteiger partial charge in [-0.05, 0) is 25.2 Å². The molecule has 1 atom stereocenters. The number of allylic oxidation sites excluding steroid dienone is 1. The van der Waals surface area contributed by atoms with Crippen molar-refractivity contribution in [3.05, 3.63) is 12.7 Å². The fourth-order valence-corrected chi connectivity index (χ4v) is 1.52. The van der Waals surface area contributed by atoms with Gasteiger partial charge in [-0.3, -0.25) is 4.79 Å². The third kappa shape index (κ3) is 1.82. The Labute approximate surface area is 66.9 Å². The second-order valence-corrected chi connectivity index (χ2v) is 3.16. The number of carbonyl (C=O) groups is 1. The highest BCUT2D eigenvalue weighted by Crippen LogP contribution is 2.35. The summed E-state index contributed by atoms with van der Waals surface area (Å²) in [6.45, 7) is 3.56. The lowest BCUT2D eigenvalue weighted by Crippen LogP contribution is -2.28. The molecule has 1 aliphatic carbocycles. The van der Waals surface area contributed by atoms with Crippen LogP contribution in [0.4, 0.5) is 0 Å². The third-order valence-corrected chi connectivity index (χ3v) is 2.46. The van der Waals surface area contributed by atoms with Crippen molar-refractivity contribution in [3.63, 3.8) is 0 Å². The van der Waals surface area contributed by atoms with Crippen LogP contribution in [0.5, 0.6) is 0 Å². The molecule has 0 spiro atoms. The van der Waals surface area contributed by atoms with Crippen LogP contribution in [-0.2, 0) is 4.79 Å². The van der Waals surface area contributed by atoms with Gasteiger partial charge in [-0.25, -0.2) is 0 Å². The average molecular weight is 154 g/mol. The van der Waals surface area contributed by atoms with Crippen LogP contribution in [0.15, 0.2) is 12.7 Å². The Morgan fingerprint density at radius 1 is 1.73 bits per heavy atom. The molecule has 0 heterocycles. The molecule has 1 rings (SSSR count). The number of carboxylic acids is 1. The van der Waals surface area contributed by atoms with Gasteiger partial charge >= 0.3 is 5.97 Å². The Bertz CT molecular complexity index is 159. The highest BCUT2D eigenvalue weighted by Gasteiger charge is 2.31. The maximum absolute atomic E-state index is 10.7. The van der Waals surface area contributed by atoms with Gasteiger partial charge in [0.25, 0.3) is 0 Å². The van der Waals surface area contributed by atoms with E-state index in [9.17, 15) is 4.79 Å². The summed E-state index contributed by atoms with van der Waals surface area (Å²) < 4.78 is 0. The summed E-state index contributed by atoms with van der Waals surface area (Å²) in [5.41, 5.74) is 0. The fourth-order valence-electron chi connectivity index (χ4n) is 1.52. The quantitative estimate of drug-likeness (QED) is 0.629. The Morgan fingerprint density at radius 3 is 2.64 bits per heavy atom. The molecule has 1 unspecified atom stereocenters. The van der Waals surface area contributed by atoms with E-state index in [-0.39, 0.29) is 5.92 Å². The Kier molecular flexibility index (Phi) is 2.69. The van der Waals surface area contributed by atoms with Crippen LogP contribution in [-0.4, -0.2) is 11.1 Å². The summed E-state index contributed by atoms with van der Waals surface area (Å²) in [5, 5.41) is 8.79. The third-order valence-electron chi connectivity index (χ3n) is 2.46. The van der Waals surface area contributed by atoms with Crippen LogP contribution in [0.2, 0.25) is 0 Å². The minimum atomic E-state index is -0.658. The van der Waals surface area contributed by atoms with Crippen LogP contribution in [0.1, 0.15) is 25.7 Å². The van der Waals surface area contributed by atoms with Gasteiger partial charge in [-0.1, -0.05) is 12.5 Å². The molecule has 0 radical (unpaired) electrons. The van der Waals surface area contributed by atoms with E-state index in [0.717, 1.165) is 12.8 Å². The van der Waals surface area contributed by atoms with Crippen molar-refractivity contribution in [1.29, 1.82) is 0 Å². The highest BCUT2D eigenvalue weighted by molar-refractivity contribution is 5.70. The Balaban J connectivity index is 2.43. The predicted octanol–water partition coefficient (Wildman–Crippen LogP) is 2.06. The van der Waals surface area contributed by atoms with Crippen molar-refractivity contribution in [2.24, 2.45) is 11.8 Å². The summed E-state index contributed by atoms with van der Waals surface area (Å²) in [5.74, 6) is -0.402. The lowest BCUT2D eigenvalue weighted by Gasteiger charge is -2.30. The van der Waals surface area contributed by atoms with Crippen LogP contribution < -0.4 is 0 Å². The van der Waals surface area contributed by atoms with Crippen molar-refractivity contribution >= 4 is 5.97 Å². The van der Waals surface area contributed by atoms with E-state index in [1.54, 1.807) is 6.08 Å². The topological polar surface area (TPSA) is 37.3 Å². The molecular formula is C9H14O2. The van der Waals surface area contributed by atoms with Crippen LogP contribution in [0, 0.1) is 11.8 Å². The second kappa shape index (κ2) is 3.56. The Hall–Kier alpha value is -0.790. The second-order valence-electron chi connectivity index (χ2n) is 3.16. The van der Waals surface area contributed by atoms with E-state index in [1.165, 1.54) is 6.42 Å². The lowest BCUT2D eigenvalue weighted by molar-refractivity contribution is -0.144. The number of carboxylic acid groups (broad SMARTS) is 1. The summed E-state index contributed by atoms with van der Waals surface area (Å²) >= 11 is 0. The fraction of sp³-hybridized carbons (Fsp3) is 0.667. The minimum absolute atomic E-state index is 0.166. The zero-order valence-corrected chi connectivity index (χ0v) is 6.62. The first-order valence-corrected chi connectivity index (χ1v) is 4.09. The molecule has 11 heavy (non-hydrogen) atoms. The van der Waals surface area contributed by atoms with E-state index in [0.29, 0.717) is 12.3 Å². The van der Waals surface area contributed by atoms with E-state index >= 15 is 0 Å². The molecule has 2 nitrogen and oxygen atoms in total. The molecular weight excluding hydrogens is 140 g/mol. The SMILES string of the molecule is C=CCC(C(=O)O)C1CCC1. The molecule has 0 amide bonds. The molecule has 0 aromatic carbocycles. The lowest BCUT2D eigenvalue weighted by atomic mass is 9.74. The first-order valence-electron chi connectivity index (χ1n) is 4.09. The molecule has 1 N–H and O–H groups in total. The van der Waals surface area contributed by atoms with Gasteiger partial charge in [-0.15, -0.1) is 6.58 Å². The standard InChI is InChI=1S/C9H14O2/c1-2-4-8(9(10)11)7-5-3-6-7/h2,7-8H,1,3-6H2,(H,10,11). The zero-order chi connectivity index (χ0) is 8.27. The Morgan fingerprint density at radius 2 is 2.36 bits per heavy atom. The number of aliphatic carboxylic acids is 1. The van der Waals surface area contributed by atoms with E-state index in [4.69, 9.17) is 5.11 Å². The number of rotatable bonds is 4. The van der Waals surface area contributed by atoms with Crippen molar-refractivity contribution in [2.75, 3.05) is 0 Å². The van der Waals surface area contributed by atoms with Crippen molar-refractivity contribution in [3.8, 4) is 0 Å². The van der Waals surface area contributed by atoms with Crippen LogP contribution in [0.3, 0.4) is 0 Å². The van der Waals surface area contributed by atoms with Crippen molar-refractivity contribution in [1.82, 2.24) is 0 Å². The smallest absolute Gasteiger partial charge is 0.307 e. The van der Waals surface area contributed by atoms with Gasteiger partial charge in [-0.2, -0.15) is 0 Å². The van der Waals surface area contributed by atoms with Crippen LogP contribution >= 0.6 is 0 Å². The molecule has 62 valence electrons. The molecule has 1 saturated carbocycles. The predicted molar refractivity (Wildman–Crippen MR) is 43.3 cm³/mol. The molecule has 1 fully saturated rings. The molecule has 0 aromatic rings. The zero-order valence-electron chi connectivity index (χ0n) is 6.62. The molecule has 0 bridgehead atoms. The first-order chi connectivity index (χ1) is 5.25. The van der Waals surface area contributed by atoms with Gasteiger partial charge < -0.3 is 5.11 Å². The molecule has 2 heteroatoms. The summed E-state index contributed by atoms with van der Waals surface area (Å²) in [7, 11) is 0. The number of hydrogen-bond donors (Lipinski definition) is 1. The molecule has 0 saturated heterocycles. The van der Waals surface area contributed by atoms with Crippen LogP contribution in [0.25, 0.3) is 0 Å². The first kappa shape index (κ1) is 8.31. The normalized spacial score (nSPS) is 20.4. The van der Waals surface area contributed by atoms with E-state index < -0.39 is 5.97 Å². The molecule has 0 aliphatic heterocycles. The van der Waals surface area contributed by atoms with Gasteiger partial charge in [0.1, 0.15) is 0 Å². The monoisotopic (exact) mass is 154 g/mol. The average Bonchev–Trinajstić information content (AvgIpc) is 1.82. The summed E-state index contributed by atoms with van der Waals surface area (Å²) in [4.78, 5) is 10.7. The maximum atomic E-state index is 10.7. The van der Waals surface area contributed by atoms with Gasteiger partial charge in [0.2, 0.25) is 0 Å². The minimum Gasteiger partial charge on any atom is -0.481 e. The van der Waals surface area contributed by atoms with E-state index in [2.05, 4.69) is 6.58 Å². The van der Waals surface area contributed by atoms with Gasteiger partial charge in [0.15, 0.2) is 0 Å². The largest absolute Gasteiger partial charge is 0.481 e. The highest BCUT2D eigenvalue weighted by atomic mass is 16.4. The summed E-state index contributed by atoms with van der Waals surface area (Å²) in [6, 6.07) is 0. The molecule has 0 aromatic heterocycles. The maximum Gasteiger partial charge on any atom is 0.307 e. The van der Waals surface area contributed by atoms with Gasteiger partial charge in [0.05, 0.1) is 5.92 Å². The van der Waals surface area contributed by atoms with Crippen molar-refractivity contribution < 1.29 is 9.90 Å².